The molecule has 3 heteroatoms. The second-order valence-electron chi connectivity index (χ2n) is 3.89. The second-order valence-corrected chi connectivity index (χ2v) is 3.89. The van der Waals surface area contributed by atoms with Gasteiger partial charge in [0.05, 0.1) is 0 Å². The standard InChI is InChI=1S/C10H20N2O/c1-4-8(2)10(13)12-6-5-11-7-9(12)3/h8-9,11H,4-7H2,1-3H3/t8-,9+/m0/s1. The molecule has 1 amide bonds. The Hall–Kier alpha value is -0.570. The molecule has 1 heterocycles. The van der Waals surface area contributed by atoms with Crippen LogP contribution in [0.4, 0.5) is 0 Å². The van der Waals surface area contributed by atoms with E-state index in [1.165, 1.54) is 0 Å². The summed E-state index contributed by atoms with van der Waals surface area (Å²) in [6.45, 7) is 8.91. The number of amides is 1. The number of carbonyl (C=O) groups excluding carboxylic acids is 1. The molecule has 0 aliphatic carbocycles. The molecule has 0 unspecified atom stereocenters. The van der Waals surface area contributed by atoms with Gasteiger partial charge in [-0.25, -0.2) is 0 Å². The van der Waals surface area contributed by atoms with Crippen molar-refractivity contribution in [3.63, 3.8) is 0 Å². The van der Waals surface area contributed by atoms with Crippen molar-refractivity contribution in [2.75, 3.05) is 19.6 Å². The first-order chi connectivity index (χ1) is 6.16. The highest BCUT2D eigenvalue weighted by atomic mass is 16.2. The molecule has 0 aromatic rings. The van der Waals surface area contributed by atoms with Crippen LogP contribution in [0.5, 0.6) is 0 Å². The van der Waals surface area contributed by atoms with Crippen molar-refractivity contribution in [2.45, 2.75) is 33.2 Å². The third-order valence-electron chi connectivity index (χ3n) is 2.82. The molecular weight excluding hydrogens is 164 g/mol. The number of carbonyl (C=O) groups is 1. The van der Waals surface area contributed by atoms with Gasteiger partial charge in [0, 0.05) is 31.6 Å². The Kier molecular flexibility index (Phi) is 3.72. The lowest BCUT2D eigenvalue weighted by molar-refractivity contribution is -0.137. The lowest BCUT2D eigenvalue weighted by atomic mass is 10.1. The average Bonchev–Trinajstić information content (AvgIpc) is 2.16. The van der Waals surface area contributed by atoms with Crippen molar-refractivity contribution in [3.05, 3.63) is 0 Å². The number of nitrogens with one attached hydrogen (secondary N) is 1. The largest absolute Gasteiger partial charge is 0.337 e. The Morgan fingerprint density at radius 3 is 2.92 bits per heavy atom. The Labute approximate surface area is 80.5 Å². The maximum Gasteiger partial charge on any atom is 0.225 e. The molecule has 0 bridgehead atoms. The number of piperazine rings is 1. The average molecular weight is 184 g/mol. The molecule has 1 aliphatic heterocycles. The van der Waals surface area contributed by atoms with Crippen LogP contribution in [0.25, 0.3) is 0 Å². The normalized spacial score (nSPS) is 25.8. The first kappa shape index (κ1) is 10.5. The minimum absolute atomic E-state index is 0.181. The predicted molar refractivity (Wildman–Crippen MR) is 53.5 cm³/mol. The summed E-state index contributed by atoms with van der Waals surface area (Å²) >= 11 is 0. The SMILES string of the molecule is CC[C@H](C)C(=O)N1CCNC[C@H]1C. The van der Waals surface area contributed by atoms with Gasteiger partial charge in [-0.3, -0.25) is 4.79 Å². The van der Waals surface area contributed by atoms with Crippen molar-refractivity contribution >= 4 is 5.91 Å². The molecule has 1 fully saturated rings. The van der Waals surface area contributed by atoms with E-state index < -0.39 is 0 Å². The quantitative estimate of drug-likeness (QED) is 0.690. The van der Waals surface area contributed by atoms with Crippen LogP contribution in [0, 0.1) is 5.92 Å². The Balaban J connectivity index is 2.53. The Bertz CT molecular complexity index is 182. The van der Waals surface area contributed by atoms with Gasteiger partial charge in [0.15, 0.2) is 0 Å². The summed E-state index contributed by atoms with van der Waals surface area (Å²) in [4.78, 5) is 13.8. The van der Waals surface area contributed by atoms with Crippen molar-refractivity contribution in [3.8, 4) is 0 Å². The van der Waals surface area contributed by atoms with Crippen molar-refractivity contribution in [2.24, 2.45) is 5.92 Å². The molecule has 76 valence electrons. The van der Waals surface area contributed by atoms with Gasteiger partial charge in [-0.15, -0.1) is 0 Å². The highest BCUT2D eigenvalue weighted by Gasteiger charge is 2.25. The van der Waals surface area contributed by atoms with E-state index in [1.54, 1.807) is 0 Å². The summed E-state index contributed by atoms with van der Waals surface area (Å²) in [6, 6.07) is 0.357. The summed E-state index contributed by atoms with van der Waals surface area (Å²) in [5.74, 6) is 0.497. The lowest BCUT2D eigenvalue weighted by Gasteiger charge is -2.35. The van der Waals surface area contributed by atoms with Gasteiger partial charge in [0.2, 0.25) is 5.91 Å². The molecule has 0 saturated carbocycles. The fraction of sp³-hybridized carbons (Fsp3) is 0.900. The summed E-state index contributed by atoms with van der Waals surface area (Å²) < 4.78 is 0. The van der Waals surface area contributed by atoms with E-state index in [-0.39, 0.29) is 5.92 Å². The molecule has 0 aromatic carbocycles. The van der Waals surface area contributed by atoms with Crippen molar-refractivity contribution in [1.29, 1.82) is 0 Å². The van der Waals surface area contributed by atoms with Gasteiger partial charge in [0.1, 0.15) is 0 Å². The van der Waals surface area contributed by atoms with Crippen molar-refractivity contribution < 1.29 is 4.79 Å². The fourth-order valence-electron chi connectivity index (χ4n) is 1.63. The van der Waals surface area contributed by atoms with Gasteiger partial charge in [-0.05, 0) is 13.3 Å². The van der Waals surface area contributed by atoms with Gasteiger partial charge in [-0.2, -0.15) is 0 Å². The molecule has 1 aliphatic rings. The van der Waals surface area contributed by atoms with E-state index in [2.05, 4.69) is 19.2 Å². The molecule has 0 radical (unpaired) electrons. The molecule has 1 saturated heterocycles. The van der Waals surface area contributed by atoms with E-state index in [9.17, 15) is 4.79 Å². The van der Waals surface area contributed by atoms with Gasteiger partial charge < -0.3 is 10.2 Å². The van der Waals surface area contributed by atoms with Gasteiger partial charge >= 0.3 is 0 Å². The van der Waals surface area contributed by atoms with E-state index in [1.807, 2.05) is 11.8 Å². The number of rotatable bonds is 2. The number of hydrogen-bond donors (Lipinski definition) is 1. The number of hydrogen-bond acceptors (Lipinski definition) is 2. The van der Waals surface area contributed by atoms with Crippen LogP contribution >= 0.6 is 0 Å². The Morgan fingerprint density at radius 2 is 2.38 bits per heavy atom. The monoisotopic (exact) mass is 184 g/mol. The molecule has 0 spiro atoms. The van der Waals surface area contributed by atoms with Crippen LogP contribution in [0.15, 0.2) is 0 Å². The summed E-state index contributed by atoms with van der Waals surface area (Å²) in [5, 5.41) is 3.28. The third kappa shape index (κ3) is 2.44. The molecule has 2 atom stereocenters. The van der Waals surface area contributed by atoms with Gasteiger partial charge in [-0.1, -0.05) is 13.8 Å². The predicted octanol–water partition coefficient (Wildman–Crippen LogP) is 0.853. The van der Waals surface area contributed by atoms with E-state index >= 15 is 0 Å². The molecule has 13 heavy (non-hydrogen) atoms. The fourth-order valence-corrected chi connectivity index (χ4v) is 1.63. The third-order valence-corrected chi connectivity index (χ3v) is 2.82. The van der Waals surface area contributed by atoms with E-state index in [0.29, 0.717) is 11.9 Å². The van der Waals surface area contributed by atoms with Crippen LogP contribution < -0.4 is 5.32 Å². The molecule has 3 nitrogen and oxygen atoms in total. The molecule has 0 aromatic heterocycles. The van der Waals surface area contributed by atoms with Crippen LogP contribution in [0.1, 0.15) is 27.2 Å². The molecule has 1 N–H and O–H groups in total. The maximum atomic E-state index is 11.8. The zero-order chi connectivity index (χ0) is 9.84. The number of nitrogens with zero attached hydrogens (tertiary/aromatic N) is 1. The zero-order valence-corrected chi connectivity index (χ0v) is 8.84. The maximum absolute atomic E-state index is 11.8. The minimum Gasteiger partial charge on any atom is -0.337 e. The minimum atomic E-state index is 0.181. The summed E-state index contributed by atoms with van der Waals surface area (Å²) in [7, 11) is 0. The highest BCUT2D eigenvalue weighted by Crippen LogP contribution is 2.11. The first-order valence-corrected chi connectivity index (χ1v) is 5.18. The first-order valence-electron chi connectivity index (χ1n) is 5.18. The Morgan fingerprint density at radius 1 is 1.69 bits per heavy atom. The van der Waals surface area contributed by atoms with Crippen LogP contribution in [-0.4, -0.2) is 36.5 Å². The zero-order valence-electron chi connectivity index (χ0n) is 8.84. The second kappa shape index (κ2) is 4.61. The van der Waals surface area contributed by atoms with Crippen LogP contribution in [0.3, 0.4) is 0 Å². The molecule has 1 rings (SSSR count). The van der Waals surface area contributed by atoms with Crippen molar-refractivity contribution in [1.82, 2.24) is 10.2 Å². The summed E-state index contributed by atoms with van der Waals surface area (Å²) in [6.07, 6.45) is 0.940. The topological polar surface area (TPSA) is 32.3 Å². The van der Waals surface area contributed by atoms with E-state index in [0.717, 1.165) is 26.1 Å². The van der Waals surface area contributed by atoms with Crippen LogP contribution in [-0.2, 0) is 4.79 Å². The smallest absolute Gasteiger partial charge is 0.225 e. The van der Waals surface area contributed by atoms with E-state index in [4.69, 9.17) is 0 Å². The van der Waals surface area contributed by atoms with Crippen LogP contribution in [0.2, 0.25) is 0 Å². The van der Waals surface area contributed by atoms with Gasteiger partial charge in [0.25, 0.3) is 0 Å². The lowest BCUT2D eigenvalue weighted by Crippen LogP contribution is -2.53. The molecular formula is C10H20N2O. The summed E-state index contributed by atoms with van der Waals surface area (Å²) in [5.41, 5.74) is 0. The highest BCUT2D eigenvalue weighted by molar-refractivity contribution is 5.78.